The largest absolute Gasteiger partial charge is 0.397 e. The predicted octanol–water partition coefficient (Wildman–Crippen LogP) is 0.548. The van der Waals surface area contributed by atoms with Crippen LogP contribution in [0.1, 0.15) is 17.3 Å². The zero-order valence-electron chi connectivity index (χ0n) is 9.73. The Hall–Kier alpha value is -1.56. The Morgan fingerprint density at radius 2 is 2.18 bits per heavy atom. The van der Waals surface area contributed by atoms with E-state index < -0.39 is 16.7 Å². The normalized spacial score (nSPS) is 12.1. The van der Waals surface area contributed by atoms with Crippen LogP contribution in [0, 0.1) is 0 Å². The van der Waals surface area contributed by atoms with Crippen molar-refractivity contribution in [3.63, 3.8) is 0 Å². The Morgan fingerprint density at radius 3 is 2.71 bits per heavy atom. The standard InChI is InChI=1S/C11H17N3O2S/c1-2-17(16)6-5-14-10-4-3-8(11(13)15)7-9(10)12/h3-4,7,14H,2,5-6,12H2,1H3,(H2,13,15). The van der Waals surface area contributed by atoms with Crippen molar-refractivity contribution in [2.75, 3.05) is 29.1 Å². The Bertz CT molecular complexity index is 435. The molecule has 5 nitrogen and oxygen atoms in total. The summed E-state index contributed by atoms with van der Waals surface area (Å²) in [4.78, 5) is 10.9. The molecule has 0 aromatic heterocycles. The maximum Gasteiger partial charge on any atom is 0.248 e. The number of rotatable bonds is 6. The third-order valence-electron chi connectivity index (χ3n) is 2.30. The zero-order valence-corrected chi connectivity index (χ0v) is 10.5. The van der Waals surface area contributed by atoms with E-state index in [1.807, 2.05) is 6.92 Å². The van der Waals surface area contributed by atoms with E-state index in [2.05, 4.69) is 5.32 Å². The first kappa shape index (κ1) is 13.5. The van der Waals surface area contributed by atoms with E-state index in [-0.39, 0.29) is 0 Å². The Morgan fingerprint density at radius 1 is 1.47 bits per heavy atom. The molecule has 5 N–H and O–H groups in total. The first-order chi connectivity index (χ1) is 8.04. The van der Waals surface area contributed by atoms with E-state index in [4.69, 9.17) is 11.5 Å². The lowest BCUT2D eigenvalue weighted by molar-refractivity contribution is 0.100. The monoisotopic (exact) mass is 255 g/mol. The molecule has 0 aliphatic heterocycles. The molecule has 1 atom stereocenters. The summed E-state index contributed by atoms with van der Waals surface area (Å²) in [5, 5.41) is 3.07. The topological polar surface area (TPSA) is 98.2 Å². The summed E-state index contributed by atoms with van der Waals surface area (Å²) in [6.07, 6.45) is 0. The molecule has 0 aliphatic rings. The number of nitrogens with two attached hydrogens (primary N) is 2. The van der Waals surface area contributed by atoms with Crippen LogP contribution in [-0.4, -0.2) is 28.2 Å². The first-order valence-corrected chi connectivity index (χ1v) is 6.81. The fourth-order valence-corrected chi connectivity index (χ4v) is 1.94. The van der Waals surface area contributed by atoms with Gasteiger partial charge in [-0.1, -0.05) is 6.92 Å². The molecule has 0 saturated heterocycles. The van der Waals surface area contributed by atoms with Gasteiger partial charge in [-0.3, -0.25) is 9.00 Å². The molecule has 0 saturated carbocycles. The number of amides is 1. The second-order valence-electron chi connectivity index (χ2n) is 3.53. The van der Waals surface area contributed by atoms with Gasteiger partial charge in [-0.05, 0) is 18.2 Å². The van der Waals surface area contributed by atoms with Crippen LogP contribution < -0.4 is 16.8 Å². The number of carbonyl (C=O) groups excluding carboxylic acids is 1. The van der Waals surface area contributed by atoms with Crippen molar-refractivity contribution in [3.8, 4) is 0 Å². The summed E-state index contributed by atoms with van der Waals surface area (Å²) in [5.74, 6) is 0.723. The molecule has 1 rings (SSSR count). The van der Waals surface area contributed by atoms with Gasteiger partial charge in [0.15, 0.2) is 0 Å². The lowest BCUT2D eigenvalue weighted by atomic mass is 10.1. The number of benzene rings is 1. The predicted molar refractivity (Wildman–Crippen MR) is 71.4 cm³/mol. The van der Waals surface area contributed by atoms with Gasteiger partial charge in [0.05, 0.1) is 11.4 Å². The van der Waals surface area contributed by atoms with Crippen LogP contribution in [0.25, 0.3) is 0 Å². The molecule has 1 unspecified atom stereocenters. The Kier molecular flexibility index (Phi) is 4.96. The number of carbonyl (C=O) groups is 1. The molecule has 0 aliphatic carbocycles. The van der Waals surface area contributed by atoms with Crippen LogP contribution in [0.2, 0.25) is 0 Å². The summed E-state index contributed by atoms with van der Waals surface area (Å²) in [6.45, 7) is 2.46. The van der Waals surface area contributed by atoms with Crippen LogP contribution >= 0.6 is 0 Å². The zero-order chi connectivity index (χ0) is 12.8. The van der Waals surface area contributed by atoms with Crippen LogP contribution in [0.3, 0.4) is 0 Å². The number of primary amides is 1. The summed E-state index contributed by atoms with van der Waals surface area (Å²) < 4.78 is 11.2. The van der Waals surface area contributed by atoms with Gasteiger partial charge in [0.1, 0.15) is 0 Å². The molecule has 0 spiro atoms. The fraction of sp³-hybridized carbons (Fsp3) is 0.364. The molecule has 6 heteroatoms. The van der Waals surface area contributed by atoms with Crippen LogP contribution in [-0.2, 0) is 10.8 Å². The third-order valence-corrected chi connectivity index (χ3v) is 3.61. The molecule has 0 radical (unpaired) electrons. The smallest absolute Gasteiger partial charge is 0.248 e. The highest BCUT2D eigenvalue weighted by Crippen LogP contribution is 2.19. The molecular formula is C11H17N3O2S. The van der Waals surface area contributed by atoms with Crippen LogP contribution in [0.4, 0.5) is 11.4 Å². The SMILES string of the molecule is CCS(=O)CCNc1ccc(C(N)=O)cc1N. The quantitative estimate of drug-likeness (QED) is 0.646. The maximum absolute atomic E-state index is 11.2. The van der Waals surface area contributed by atoms with Gasteiger partial charge in [-0.2, -0.15) is 0 Å². The Labute approximate surface area is 103 Å². The van der Waals surface area contributed by atoms with Crippen molar-refractivity contribution >= 4 is 28.1 Å². The van der Waals surface area contributed by atoms with Crippen molar-refractivity contribution in [2.45, 2.75) is 6.92 Å². The van der Waals surface area contributed by atoms with Crippen molar-refractivity contribution in [1.82, 2.24) is 0 Å². The van der Waals surface area contributed by atoms with Crippen molar-refractivity contribution in [3.05, 3.63) is 23.8 Å². The van der Waals surface area contributed by atoms with Gasteiger partial charge in [0.25, 0.3) is 0 Å². The van der Waals surface area contributed by atoms with Gasteiger partial charge in [-0.25, -0.2) is 0 Å². The van der Waals surface area contributed by atoms with Gasteiger partial charge in [0.2, 0.25) is 5.91 Å². The maximum atomic E-state index is 11.2. The Balaban J connectivity index is 2.60. The molecule has 1 aromatic carbocycles. The number of anilines is 2. The lowest BCUT2D eigenvalue weighted by Crippen LogP contribution is -2.14. The van der Waals surface area contributed by atoms with Gasteiger partial charge < -0.3 is 16.8 Å². The first-order valence-electron chi connectivity index (χ1n) is 5.32. The second-order valence-corrected chi connectivity index (χ2v) is 5.39. The highest BCUT2D eigenvalue weighted by atomic mass is 32.2. The molecular weight excluding hydrogens is 238 g/mol. The molecule has 1 amide bonds. The van der Waals surface area contributed by atoms with E-state index in [9.17, 15) is 9.00 Å². The minimum Gasteiger partial charge on any atom is -0.397 e. The average molecular weight is 255 g/mol. The molecule has 0 fully saturated rings. The highest BCUT2D eigenvalue weighted by Gasteiger charge is 2.04. The number of nitrogen functional groups attached to an aromatic ring is 1. The molecule has 0 heterocycles. The van der Waals surface area contributed by atoms with Crippen LogP contribution in [0.5, 0.6) is 0 Å². The fourth-order valence-electron chi connectivity index (χ4n) is 1.32. The van der Waals surface area contributed by atoms with E-state index in [1.165, 1.54) is 6.07 Å². The number of hydrogen-bond acceptors (Lipinski definition) is 4. The van der Waals surface area contributed by atoms with E-state index in [1.54, 1.807) is 12.1 Å². The summed E-state index contributed by atoms with van der Waals surface area (Å²) in [7, 11) is -0.796. The average Bonchev–Trinajstić information content (AvgIpc) is 2.30. The highest BCUT2D eigenvalue weighted by molar-refractivity contribution is 7.84. The molecule has 17 heavy (non-hydrogen) atoms. The number of nitrogens with one attached hydrogen (secondary N) is 1. The summed E-state index contributed by atoms with van der Waals surface area (Å²) in [5.41, 5.74) is 12.5. The van der Waals surface area contributed by atoms with Gasteiger partial charge in [0, 0.05) is 34.4 Å². The molecule has 0 bridgehead atoms. The van der Waals surface area contributed by atoms with E-state index in [0.717, 1.165) is 5.69 Å². The minimum atomic E-state index is -0.796. The molecule has 1 aromatic rings. The van der Waals surface area contributed by atoms with Crippen molar-refractivity contribution < 1.29 is 9.00 Å². The van der Waals surface area contributed by atoms with Gasteiger partial charge >= 0.3 is 0 Å². The summed E-state index contributed by atoms with van der Waals surface area (Å²) >= 11 is 0. The second kappa shape index (κ2) is 6.24. The van der Waals surface area contributed by atoms with Crippen molar-refractivity contribution in [2.24, 2.45) is 5.73 Å². The summed E-state index contributed by atoms with van der Waals surface area (Å²) in [6, 6.07) is 4.84. The third kappa shape index (κ3) is 4.07. The molecule has 94 valence electrons. The lowest BCUT2D eigenvalue weighted by Gasteiger charge is -2.09. The van der Waals surface area contributed by atoms with E-state index in [0.29, 0.717) is 29.3 Å². The minimum absolute atomic E-state index is 0.380. The van der Waals surface area contributed by atoms with E-state index >= 15 is 0 Å². The number of hydrogen-bond donors (Lipinski definition) is 3. The van der Waals surface area contributed by atoms with Crippen LogP contribution in [0.15, 0.2) is 18.2 Å². The van der Waals surface area contributed by atoms with Crippen molar-refractivity contribution in [1.29, 1.82) is 0 Å². The van der Waals surface area contributed by atoms with Gasteiger partial charge in [-0.15, -0.1) is 0 Å².